The number of halogens is 1. The van der Waals surface area contributed by atoms with E-state index in [1.807, 2.05) is 0 Å². The minimum Gasteiger partial charge on any atom is -0.350 e. The predicted molar refractivity (Wildman–Crippen MR) is 75.5 cm³/mol. The molecule has 0 atom stereocenters. The summed E-state index contributed by atoms with van der Waals surface area (Å²) in [6.07, 6.45) is 0.945. The van der Waals surface area contributed by atoms with Crippen LogP contribution in [0.3, 0.4) is 0 Å². The van der Waals surface area contributed by atoms with Crippen molar-refractivity contribution in [1.82, 2.24) is 5.32 Å². The van der Waals surface area contributed by atoms with Crippen LogP contribution in [0.5, 0.6) is 0 Å². The highest BCUT2D eigenvalue weighted by atomic mass is 32.2. The second-order valence-corrected chi connectivity index (χ2v) is 6.98. The minimum atomic E-state index is -3.57. The summed E-state index contributed by atoms with van der Waals surface area (Å²) in [4.78, 5) is 12.0. The largest absolute Gasteiger partial charge is 0.350 e. The molecule has 0 fully saturated rings. The van der Waals surface area contributed by atoms with Gasteiger partial charge >= 0.3 is 0 Å². The normalized spacial score (nSPS) is 12.1. The molecule has 0 spiro atoms. The molecule has 0 unspecified atom stereocenters. The van der Waals surface area contributed by atoms with Crippen molar-refractivity contribution in [3.05, 3.63) is 29.6 Å². The molecule has 4 N–H and O–H groups in total. The molecule has 0 aliphatic carbocycles. The lowest BCUT2D eigenvalue weighted by Gasteiger charge is -2.19. The van der Waals surface area contributed by atoms with E-state index in [1.54, 1.807) is 13.8 Å². The molecule has 112 valence electrons. The number of hydrogen-bond acceptors (Lipinski definition) is 4. The third kappa shape index (κ3) is 5.54. The predicted octanol–water partition coefficient (Wildman–Crippen LogP) is 0.664. The Hall–Kier alpha value is -1.67. The zero-order valence-electron chi connectivity index (χ0n) is 11.5. The fourth-order valence-electron chi connectivity index (χ4n) is 1.40. The van der Waals surface area contributed by atoms with Crippen LogP contribution in [0.25, 0.3) is 0 Å². The average molecular weight is 303 g/mol. The summed E-state index contributed by atoms with van der Waals surface area (Å²) in [6.45, 7) is 3.60. The van der Waals surface area contributed by atoms with E-state index in [-0.39, 0.29) is 17.8 Å². The monoisotopic (exact) mass is 303 g/mol. The molecule has 0 aromatic heterocycles. The fraction of sp³-hybridized carbons (Fsp3) is 0.417. The Labute approximate surface area is 117 Å². The summed E-state index contributed by atoms with van der Waals surface area (Å²) in [6, 6.07) is 3.22. The molecular weight excluding hydrogens is 285 g/mol. The van der Waals surface area contributed by atoms with E-state index in [0.717, 1.165) is 18.4 Å². The Kier molecular flexibility index (Phi) is 4.72. The van der Waals surface area contributed by atoms with E-state index in [0.29, 0.717) is 0 Å². The van der Waals surface area contributed by atoms with E-state index in [9.17, 15) is 17.6 Å². The van der Waals surface area contributed by atoms with Crippen LogP contribution >= 0.6 is 0 Å². The number of rotatable bonds is 5. The van der Waals surface area contributed by atoms with Gasteiger partial charge in [0.1, 0.15) is 5.82 Å². The summed E-state index contributed by atoms with van der Waals surface area (Å²) in [5, 5.41) is 2.53. The van der Waals surface area contributed by atoms with Gasteiger partial charge in [-0.05, 0) is 32.0 Å². The maximum Gasteiger partial charge on any atom is 0.253 e. The van der Waals surface area contributed by atoms with Gasteiger partial charge in [0, 0.05) is 12.1 Å². The van der Waals surface area contributed by atoms with E-state index >= 15 is 0 Å². The van der Waals surface area contributed by atoms with E-state index < -0.39 is 27.3 Å². The highest BCUT2D eigenvalue weighted by Crippen LogP contribution is 2.18. The molecule has 0 aliphatic heterocycles. The Morgan fingerprint density at radius 2 is 2.00 bits per heavy atom. The highest BCUT2D eigenvalue weighted by molar-refractivity contribution is 7.92. The first kappa shape index (κ1) is 16.4. The Balaban J connectivity index is 3.03. The maximum atomic E-state index is 13.2. The molecule has 8 heteroatoms. The summed E-state index contributed by atoms with van der Waals surface area (Å²) >= 11 is 0. The summed E-state index contributed by atoms with van der Waals surface area (Å²) in [7, 11) is -3.57. The maximum absolute atomic E-state index is 13.2. The van der Waals surface area contributed by atoms with Gasteiger partial charge in [-0.1, -0.05) is 0 Å². The lowest BCUT2D eigenvalue weighted by molar-refractivity contribution is 0.0946. The van der Waals surface area contributed by atoms with Gasteiger partial charge in [0.05, 0.1) is 17.5 Å². The van der Waals surface area contributed by atoms with Crippen LogP contribution in [0.1, 0.15) is 24.2 Å². The third-order valence-electron chi connectivity index (χ3n) is 2.23. The quantitative estimate of drug-likeness (QED) is 0.744. The van der Waals surface area contributed by atoms with Gasteiger partial charge in [-0.2, -0.15) is 0 Å². The number of amides is 1. The van der Waals surface area contributed by atoms with E-state index in [4.69, 9.17) is 5.73 Å². The van der Waals surface area contributed by atoms with Crippen LogP contribution in [-0.4, -0.2) is 32.7 Å². The van der Waals surface area contributed by atoms with Crippen LogP contribution in [0.15, 0.2) is 18.2 Å². The average Bonchev–Trinajstić information content (AvgIpc) is 2.25. The number of hydrogen-bond donors (Lipinski definition) is 3. The van der Waals surface area contributed by atoms with E-state index in [1.165, 1.54) is 6.07 Å². The second-order valence-electron chi connectivity index (χ2n) is 5.24. The van der Waals surface area contributed by atoms with Gasteiger partial charge < -0.3 is 11.1 Å². The van der Waals surface area contributed by atoms with E-state index in [2.05, 4.69) is 10.0 Å². The van der Waals surface area contributed by atoms with Crippen molar-refractivity contribution < 1.29 is 17.6 Å². The first-order valence-corrected chi connectivity index (χ1v) is 7.71. The van der Waals surface area contributed by atoms with Crippen LogP contribution < -0.4 is 15.8 Å². The summed E-state index contributed by atoms with van der Waals surface area (Å²) < 4.78 is 37.8. The molecule has 0 aliphatic rings. The van der Waals surface area contributed by atoms with Crippen molar-refractivity contribution in [1.29, 1.82) is 0 Å². The highest BCUT2D eigenvalue weighted by Gasteiger charge is 2.18. The Morgan fingerprint density at radius 3 is 2.50 bits per heavy atom. The van der Waals surface area contributed by atoms with Crippen molar-refractivity contribution in [3.8, 4) is 0 Å². The first-order chi connectivity index (χ1) is 8.98. The minimum absolute atomic E-state index is 0.0150. The molecular formula is C12H18FN3O3S. The van der Waals surface area contributed by atoms with Crippen molar-refractivity contribution in [2.24, 2.45) is 5.73 Å². The van der Waals surface area contributed by atoms with Crippen LogP contribution in [-0.2, 0) is 10.0 Å². The molecule has 1 aromatic carbocycles. The number of benzene rings is 1. The topological polar surface area (TPSA) is 101 Å². The smallest absolute Gasteiger partial charge is 0.253 e. The number of carbonyl (C=O) groups excluding carboxylic acids is 1. The molecule has 0 bridgehead atoms. The van der Waals surface area contributed by atoms with Gasteiger partial charge in [0.2, 0.25) is 10.0 Å². The van der Waals surface area contributed by atoms with Gasteiger partial charge in [0.25, 0.3) is 5.91 Å². The Morgan fingerprint density at radius 1 is 1.40 bits per heavy atom. The first-order valence-electron chi connectivity index (χ1n) is 5.82. The van der Waals surface area contributed by atoms with Gasteiger partial charge in [-0.3, -0.25) is 9.52 Å². The van der Waals surface area contributed by atoms with Gasteiger partial charge in [-0.25, -0.2) is 12.8 Å². The molecule has 0 saturated carbocycles. The van der Waals surface area contributed by atoms with Crippen molar-refractivity contribution in [2.75, 3.05) is 17.5 Å². The molecule has 0 saturated heterocycles. The van der Waals surface area contributed by atoms with Gasteiger partial charge in [-0.15, -0.1) is 0 Å². The molecule has 20 heavy (non-hydrogen) atoms. The lowest BCUT2D eigenvalue weighted by Crippen LogP contribution is -2.45. The molecule has 0 radical (unpaired) electrons. The summed E-state index contributed by atoms with van der Waals surface area (Å²) in [5.74, 6) is -1.24. The summed E-state index contributed by atoms with van der Waals surface area (Å²) in [5.41, 5.74) is 5.02. The second kappa shape index (κ2) is 5.76. The van der Waals surface area contributed by atoms with Crippen LogP contribution in [0.4, 0.5) is 10.1 Å². The lowest BCUT2D eigenvalue weighted by atomic mass is 10.1. The number of carbonyl (C=O) groups is 1. The SMILES string of the molecule is CC(C)(N)CNC(=O)c1cc(F)ccc1NS(C)(=O)=O. The van der Waals surface area contributed by atoms with Crippen molar-refractivity contribution in [3.63, 3.8) is 0 Å². The number of sulfonamides is 1. The molecule has 0 heterocycles. The van der Waals surface area contributed by atoms with Crippen LogP contribution in [0.2, 0.25) is 0 Å². The number of nitrogens with two attached hydrogens (primary N) is 1. The van der Waals surface area contributed by atoms with Gasteiger partial charge in [0.15, 0.2) is 0 Å². The number of anilines is 1. The van der Waals surface area contributed by atoms with Crippen molar-refractivity contribution >= 4 is 21.6 Å². The zero-order valence-corrected chi connectivity index (χ0v) is 12.3. The zero-order chi connectivity index (χ0) is 15.6. The molecule has 6 nitrogen and oxygen atoms in total. The molecule has 1 amide bonds. The standard InChI is InChI=1S/C12H18FN3O3S/c1-12(2,14)7-15-11(17)9-6-8(13)4-5-10(9)16-20(3,18)19/h4-6,16H,7,14H2,1-3H3,(H,15,17). The molecule has 1 aromatic rings. The van der Waals surface area contributed by atoms with Crippen LogP contribution in [0, 0.1) is 5.82 Å². The molecule has 1 rings (SSSR count). The van der Waals surface area contributed by atoms with Crippen molar-refractivity contribution in [2.45, 2.75) is 19.4 Å². The fourth-order valence-corrected chi connectivity index (χ4v) is 1.97. The Bertz CT molecular complexity index is 609. The number of nitrogens with one attached hydrogen (secondary N) is 2. The third-order valence-corrected chi connectivity index (χ3v) is 2.82.